The third-order valence-electron chi connectivity index (χ3n) is 5.72. The number of nitrogens with zero attached hydrogens (tertiary/aromatic N) is 3. The molecule has 10 heteroatoms. The quantitative estimate of drug-likeness (QED) is 0.180. The summed E-state index contributed by atoms with van der Waals surface area (Å²) in [7, 11) is 2.91. The Morgan fingerprint density at radius 2 is 1.69 bits per heavy atom. The molecule has 0 saturated carbocycles. The fourth-order valence-electron chi connectivity index (χ4n) is 3.99. The van der Waals surface area contributed by atoms with E-state index in [9.17, 15) is 24.8 Å². The Morgan fingerprint density at radius 1 is 1.03 bits per heavy atom. The maximum absolute atomic E-state index is 13.2. The molecule has 1 aliphatic heterocycles. The molecule has 1 N–H and O–H groups in total. The summed E-state index contributed by atoms with van der Waals surface area (Å²) in [5.74, 6) is -1.31. The third-order valence-corrected chi connectivity index (χ3v) is 5.72. The lowest BCUT2D eigenvalue weighted by molar-refractivity contribution is -0.384. The molecule has 1 aromatic heterocycles. The van der Waals surface area contributed by atoms with Gasteiger partial charge >= 0.3 is 0 Å². The molecule has 1 atom stereocenters. The van der Waals surface area contributed by atoms with Crippen molar-refractivity contribution in [1.29, 1.82) is 0 Å². The monoisotopic (exact) mass is 475 g/mol. The maximum Gasteiger partial charge on any atom is 0.295 e. The summed E-state index contributed by atoms with van der Waals surface area (Å²) in [5, 5.41) is 22.3. The molecule has 1 aliphatic rings. The second-order valence-corrected chi connectivity index (χ2v) is 7.70. The molecule has 0 bridgehead atoms. The lowest BCUT2D eigenvalue weighted by atomic mass is 9.95. The summed E-state index contributed by atoms with van der Waals surface area (Å²) in [5.41, 5.74) is 1.13. The van der Waals surface area contributed by atoms with Gasteiger partial charge < -0.3 is 19.5 Å². The molecule has 0 radical (unpaired) electrons. The van der Waals surface area contributed by atoms with E-state index in [0.29, 0.717) is 17.1 Å². The minimum atomic E-state index is -0.975. The van der Waals surface area contributed by atoms with Crippen molar-refractivity contribution in [3.05, 3.63) is 99.4 Å². The lowest BCUT2D eigenvalue weighted by Crippen LogP contribution is -2.29. The van der Waals surface area contributed by atoms with Crippen LogP contribution in [-0.4, -0.2) is 45.8 Å². The molecule has 0 spiro atoms. The van der Waals surface area contributed by atoms with Gasteiger partial charge in [0.25, 0.3) is 17.4 Å². The number of aliphatic hydroxyl groups excluding tert-OH is 1. The Balaban J connectivity index is 1.87. The first-order valence-corrected chi connectivity index (χ1v) is 10.5. The topological polar surface area (TPSA) is 132 Å². The van der Waals surface area contributed by atoms with E-state index in [-0.39, 0.29) is 23.4 Å². The first-order valence-electron chi connectivity index (χ1n) is 10.5. The smallest absolute Gasteiger partial charge is 0.295 e. The fourth-order valence-corrected chi connectivity index (χ4v) is 3.99. The average Bonchev–Trinajstić information content (AvgIpc) is 3.13. The van der Waals surface area contributed by atoms with Crippen molar-refractivity contribution in [2.24, 2.45) is 0 Å². The van der Waals surface area contributed by atoms with Crippen LogP contribution in [0.4, 0.5) is 5.69 Å². The lowest BCUT2D eigenvalue weighted by Gasteiger charge is -2.25. The predicted octanol–water partition coefficient (Wildman–Crippen LogP) is 3.63. The number of methoxy groups -OCH3 is 2. The van der Waals surface area contributed by atoms with Crippen molar-refractivity contribution in [3.63, 3.8) is 0 Å². The van der Waals surface area contributed by atoms with Crippen LogP contribution < -0.4 is 9.47 Å². The van der Waals surface area contributed by atoms with Crippen molar-refractivity contribution in [2.45, 2.75) is 12.6 Å². The standard InChI is InChI=1S/C25H21N3O7/c1-34-19-8-5-17(13-20(19)35-2)23(29)21-22(16-3-6-18(7-4-16)28(32)33)27(25(31)24(21)30)14-15-9-11-26-12-10-15/h3-13,22,29H,14H2,1-2H3. The molecular weight excluding hydrogens is 454 g/mol. The number of amides is 1. The Kier molecular flexibility index (Phi) is 6.45. The van der Waals surface area contributed by atoms with E-state index in [1.54, 1.807) is 36.7 Å². The van der Waals surface area contributed by atoms with E-state index < -0.39 is 28.4 Å². The normalized spacial score (nSPS) is 16.9. The van der Waals surface area contributed by atoms with E-state index in [0.717, 1.165) is 5.56 Å². The third kappa shape index (κ3) is 4.41. The molecule has 35 heavy (non-hydrogen) atoms. The molecular formula is C25H21N3O7. The van der Waals surface area contributed by atoms with Gasteiger partial charge in [-0.25, -0.2) is 0 Å². The zero-order chi connectivity index (χ0) is 25.1. The fraction of sp³-hybridized carbons (Fsp3) is 0.160. The summed E-state index contributed by atoms with van der Waals surface area (Å²) >= 11 is 0. The molecule has 4 rings (SSSR count). The first kappa shape index (κ1) is 23.4. The minimum Gasteiger partial charge on any atom is -0.507 e. The van der Waals surface area contributed by atoms with Crippen LogP contribution >= 0.6 is 0 Å². The number of ketones is 1. The van der Waals surface area contributed by atoms with E-state index in [1.165, 1.54) is 49.5 Å². The Hall–Kier alpha value is -4.73. The average molecular weight is 475 g/mol. The summed E-state index contributed by atoms with van der Waals surface area (Å²) in [6, 6.07) is 12.6. The number of ether oxygens (including phenoxy) is 2. The number of nitro groups is 1. The van der Waals surface area contributed by atoms with Crippen LogP contribution in [0.3, 0.4) is 0 Å². The number of nitro benzene ring substituents is 1. The van der Waals surface area contributed by atoms with Crippen LogP contribution in [0.1, 0.15) is 22.7 Å². The van der Waals surface area contributed by atoms with Gasteiger partial charge in [0.05, 0.1) is 30.8 Å². The summed E-state index contributed by atoms with van der Waals surface area (Å²) in [6.07, 6.45) is 3.13. The molecule has 1 unspecified atom stereocenters. The zero-order valence-corrected chi connectivity index (χ0v) is 18.9. The molecule has 0 aliphatic carbocycles. The van der Waals surface area contributed by atoms with E-state index >= 15 is 0 Å². The number of hydrogen-bond donors (Lipinski definition) is 1. The first-order chi connectivity index (χ1) is 16.8. The van der Waals surface area contributed by atoms with E-state index in [4.69, 9.17) is 9.47 Å². The number of aromatic nitrogens is 1. The number of benzene rings is 2. The van der Waals surface area contributed by atoms with Gasteiger partial charge in [-0.3, -0.25) is 24.7 Å². The number of non-ortho nitro benzene ring substituents is 1. The van der Waals surface area contributed by atoms with Gasteiger partial charge in [0.15, 0.2) is 11.5 Å². The number of likely N-dealkylation sites (tertiary alicyclic amines) is 1. The van der Waals surface area contributed by atoms with Crippen molar-refractivity contribution < 1.29 is 29.1 Å². The number of hydrogen-bond acceptors (Lipinski definition) is 8. The minimum absolute atomic E-state index is 0.0669. The van der Waals surface area contributed by atoms with Crippen LogP contribution in [0.2, 0.25) is 0 Å². The van der Waals surface area contributed by atoms with E-state index in [2.05, 4.69) is 4.98 Å². The number of rotatable bonds is 7. The highest BCUT2D eigenvalue weighted by Gasteiger charge is 2.46. The van der Waals surface area contributed by atoms with E-state index in [1.807, 2.05) is 0 Å². The number of carbonyl (C=O) groups is 2. The SMILES string of the molecule is COc1ccc(C(O)=C2C(=O)C(=O)N(Cc3ccncc3)C2c2ccc([N+](=O)[O-])cc2)cc1OC. The second kappa shape index (κ2) is 9.64. The molecule has 2 aromatic carbocycles. The van der Waals surface area contributed by atoms with Crippen LogP contribution in [0.5, 0.6) is 11.5 Å². The number of pyridine rings is 1. The molecule has 178 valence electrons. The van der Waals surface area contributed by atoms with Gasteiger partial charge in [-0.1, -0.05) is 0 Å². The predicted molar refractivity (Wildman–Crippen MR) is 125 cm³/mol. The summed E-state index contributed by atoms with van der Waals surface area (Å²) in [4.78, 5) is 42.1. The Labute approximate surface area is 200 Å². The van der Waals surface area contributed by atoms with Crippen LogP contribution in [0.15, 0.2) is 72.6 Å². The molecule has 1 saturated heterocycles. The summed E-state index contributed by atoms with van der Waals surface area (Å²) < 4.78 is 10.5. The van der Waals surface area contributed by atoms with Crippen LogP contribution in [0, 0.1) is 10.1 Å². The molecule has 10 nitrogen and oxygen atoms in total. The number of aliphatic hydroxyl groups is 1. The molecule has 1 fully saturated rings. The summed E-state index contributed by atoms with van der Waals surface area (Å²) in [6.45, 7) is 0.0669. The highest BCUT2D eigenvalue weighted by atomic mass is 16.6. The number of carbonyl (C=O) groups excluding carboxylic acids is 2. The van der Waals surface area contributed by atoms with Gasteiger partial charge in [-0.15, -0.1) is 0 Å². The van der Waals surface area contributed by atoms with Crippen molar-refractivity contribution in [1.82, 2.24) is 9.88 Å². The Morgan fingerprint density at radius 3 is 2.29 bits per heavy atom. The van der Waals surface area contributed by atoms with Crippen molar-refractivity contribution in [3.8, 4) is 11.5 Å². The Bertz CT molecular complexity index is 1320. The second-order valence-electron chi connectivity index (χ2n) is 7.70. The molecule has 3 aromatic rings. The number of Topliss-reactive ketones (excluding diaryl/α,β-unsaturated/α-hetero) is 1. The zero-order valence-electron chi connectivity index (χ0n) is 18.9. The highest BCUT2D eigenvalue weighted by Crippen LogP contribution is 2.41. The van der Waals surface area contributed by atoms with Gasteiger partial charge in [-0.05, 0) is 53.6 Å². The van der Waals surface area contributed by atoms with Gasteiger partial charge in [0.2, 0.25) is 0 Å². The van der Waals surface area contributed by atoms with Crippen LogP contribution in [0.25, 0.3) is 5.76 Å². The van der Waals surface area contributed by atoms with Crippen molar-refractivity contribution >= 4 is 23.1 Å². The van der Waals surface area contributed by atoms with Crippen LogP contribution in [-0.2, 0) is 16.1 Å². The highest BCUT2D eigenvalue weighted by molar-refractivity contribution is 6.46. The maximum atomic E-state index is 13.2. The van der Waals surface area contributed by atoms with Gasteiger partial charge in [-0.2, -0.15) is 0 Å². The van der Waals surface area contributed by atoms with Crippen molar-refractivity contribution in [2.75, 3.05) is 14.2 Å². The molecule has 2 heterocycles. The van der Waals surface area contributed by atoms with Gasteiger partial charge in [0.1, 0.15) is 5.76 Å². The largest absolute Gasteiger partial charge is 0.507 e. The van der Waals surface area contributed by atoms with Gasteiger partial charge in [0, 0.05) is 36.6 Å². The molecule has 1 amide bonds.